The monoisotopic (exact) mass is 125 g/mol. The standard InChI is InChI=1S/C4H6O3.Na/c1-3(5)7-4(2)6;/h1-2H3;/q;+1. The summed E-state index contributed by atoms with van der Waals surface area (Å²) in [7, 11) is 0. The van der Waals surface area contributed by atoms with E-state index in [1.165, 1.54) is 13.8 Å². The van der Waals surface area contributed by atoms with Crippen molar-refractivity contribution in [3.63, 3.8) is 0 Å². The maximum atomic E-state index is 9.81. The van der Waals surface area contributed by atoms with Crippen LogP contribution in [0.2, 0.25) is 0 Å². The molecule has 0 aliphatic rings. The molecule has 3 nitrogen and oxygen atoms in total. The van der Waals surface area contributed by atoms with Crippen molar-refractivity contribution in [1.29, 1.82) is 0 Å². The van der Waals surface area contributed by atoms with Gasteiger partial charge in [-0.15, -0.1) is 0 Å². The third-order valence-electron chi connectivity index (χ3n) is 0.287. The smallest absolute Gasteiger partial charge is 0.394 e. The van der Waals surface area contributed by atoms with Gasteiger partial charge < -0.3 is 4.74 Å². The van der Waals surface area contributed by atoms with Crippen molar-refractivity contribution in [2.24, 2.45) is 0 Å². The molecule has 0 N–H and O–H groups in total. The third-order valence-corrected chi connectivity index (χ3v) is 0.287. The van der Waals surface area contributed by atoms with Gasteiger partial charge in [0.15, 0.2) is 0 Å². The van der Waals surface area contributed by atoms with Gasteiger partial charge in [-0.25, -0.2) is 0 Å². The molecule has 0 saturated carbocycles. The molecule has 0 radical (unpaired) electrons. The maximum Gasteiger partial charge on any atom is 1.00 e. The summed E-state index contributed by atoms with van der Waals surface area (Å²) in [6.45, 7) is 2.36. The molecule has 4 heteroatoms. The molecule has 0 aromatic heterocycles. The second kappa shape index (κ2) is 5.28. The molecule has 0 heterocycles. The van der Waals surface area contributed by atoms with Crippen molar-refractivity contribution in [3.05, 3.63) is 0 Å². The summed E-state index contributed by atoms with van der Waals surface area (Å²) < 4.78 is 3.97. The Kier molecular flexibility index (Phi) is 7.26. The SMILES string of the molecule is CC(=O)OC(C)=O.[Na+]. The molecule has 0 aromatic rings. The molecule has 0 spiro atoms. The van der Waals surface area contributed by atoms with Crippen molar-refractivity contribution in [2.75, 3.05) is 0 Å². The fourth-order valence-corrected chi connectivity index (χ4v) is 0.202. The van der Waals surface area contributed by atoms with Crippen LogP contribution in [0.4, 0.5) is 0 Å². The Balaban J connectivity index is 0. The average molecular weight is 125 g/mol. The quantitative estimate of drug-likeness (QED) is 0.198. The van der Waals surface area contributed by atoms with Gasteiger partial charge >= 0.3 is 41.5 Å². The van der Waals surface area contributed by atoms with Gasteiger partial charge in [-0.3, -0.25) is 9.59 Å². The first-order valence-corrected chi connectivity index (χ1v) is 1.82. The number of hydrogen-bond acceptors (Lipinski definition) is 3. The number of rotatable bonds is 0. The van der Waals surface area contributed by atoms with E-state index in [1.807, 2.05) is 0 Å². The van der Waals surface area contributed by atoms with Crippen LogP contribution in [0, 0.1) is 0 Å². The first-order valence-electron chi connectivity index (χ1n) is 1.82. The van der Waals surface area contributed by atoms with E-state index in [0.29, 0.717) is 0 Å². The average Bonchev–Trinajstić information content (AvgIpc) is 1.27. The van der Waals surface area contributed by atoms with Crippen molar-refractivity contribution in [3.8, 4) is 0 Å². The van der Waals surface area contributed by atoms with Gasteiger partial charge in [-0.05, 0) is 0 Å². The topological polar surface area (TPSA) is 43.4 Å². The molecule has 0 atom stereocenters. The van der Waals surface area contributed by atoms with Crippen LogP contribution >= 0.6 is 0 Å². The molecule has 0 aliphatic heterocycles. The third kappa shape index (κ3) is 9.46. The van der Waals surface area contributed by atoms with Crippen molar-refractivity contribution < 1.29 is 43.9 Å². The fourth-order valence-electron chi connectivity index (χ4n) is 0.202. The Morgan fingerprint density at radius 2 is 1.38 bits per heavy atom. The minimum absolute atomic E-state index is 0. The normalized spacial score (nSPS) is 6.75. The molecule has 0 aromatic carbocycles. The largest absolute Gasteiger partial charge is 1.00 e. The van der Waals surface area contributed by atoms with Gasteiger partial charge in [0.05, 0.1) is 0 Å². The van der Waals surface area contributed by atoms with Crippen LogP contribution in [0.3, 0.4) is 0 Å². The van der Waals surface area contributed by atoms with E-state index >= 15 is 0 Å². The zero-order valence-electron chi connectivity index (χ0n) is 5.22. The molecule has 0 aliphatic carbocycles. The number of carbonyl (C=O) groups excluding carboxylic acids is 2. The van der Waals surface area contributed by atoms with Gasteiger partial charge in [-0.1, -0.05) is 0 Å². The molecule has 40 valence electrons. The minimum atomic E-state index is -0.562. The van der Waals surface area contributed by atoms with Gasteiger partial charge in [0.1, 0.15) is 0 Å². The van der Waals surface area contributed by atoms with Crippen LogP contribution < -0.4 is 29.6 Å². The summed E-state index contributed by atoms with van der Waals surface area (Å²) in [6, 6.07) is 0. The summed E-state index contributed by atoms with van der Waals surface area (Å²) in [5, 5.41) is 0. The number of ether oxygens (including phenoxy) is 1. The van der Waals surface area contributed by atoms with Crippen LogP contribution in [0.25, 0.3) is 0 Å². The van der Waals surface area contributed by atoms with Gasteiger partial charge in [0.25, 0.3) is 0 Å². The van der Waals surface area contributed by atoms with Gasteiger partial charge in [0, 0.05) is 13.8 Å². The molecule has 0 rings (SSSR count). The Morgan fingerprint density at radius 1 is 1.12 bits per heavy atom. The first-order chi connectivity index (χ1) is 3.13. The summed E-state index contributed by atoms with van der Waals surface area (Å²) in [5.74, 6) is -1.12. The van der Waals surface area contributed by atoms with Crippen LogP contribution in [0.1, 0.15) is 13.8 Å². The summed E-state index contributed by atoms with van der Waals surface area (Å²) in [5.41, 5.74) is 0. The van der Waals surface area contributed by atoms with E-state index in [0.717, 1.165) is 0 Å². The Morgan fingerprint density at radius 3 is 1.38 bits per heavy atom. The van der Waals surface area contributed by atoms with Crippen LogP contribution in [0.5, 0.6) is 0 Å². The summed E-state index contributed by atoms with van der Waals surface area (Å²) in [6.07, 6.45) is 0. The molecule has 0 bridgehead atoms. The Labute approximate surface area is 69.7 Å². The molecule has 0 saturated heterocycles. The van der Waals surface area contributed by atoms with E-state index in [2.05, 4.69) is 4.74 Å². The van der Waals surface area contributed by atoms with E-state index in [-0.39, 0.29) is 29.6 Å². The second-order valence-corrected chi connectivity index (χ2v) is 1.09. The minimum Gasteiger partial charge on any atom is -0.394 e. The van der Waals surface area contributed by atoms with Crippen molar-refractivity contribution in [2.45, 2.75) is 13.8 Å². The zero-order valence-corrected chi connectivity index (χ0v) is 7.22. The van der Waals surface area contributed by atoms with E-state index in [9.17, 15) is 9.59 Å². The van der Waals surface area contributed by atoms with Crippen LogP contribution in [0.15, 0.2) is 0 Å². The van der Waals surface area contributed by atoms with Crippen molar-refractivity contribution >= 4 is 11.9 Å². The maximum absolute atomic E-state index is 9.81. The zero-order chi connectivity index (χ0) is 5.86. The second-order valence-electron chi connectivity index (χ2n) is 1.09. The van der Waals surface area contributed by atoms with Gasteiger partial charge in [-0.2, -0.15) is 0 Å². The number of carbonyl (C=O) groups is 2. The van der Waals surface area contributed by atoms with E-state index in [4.69, 9.17) is 0 Å². The van der Waals surface area contributed by atoms with E-state index in [1.54, 1.807) is 0 Å². The Bertz CT molecular complexity index is 87.5. The first kappa shape index (κ1) is 11.0. The number of esters is 2. The summed E-state index contributed by atoms with van der Waals surface area (Å²) >= 11 is 0. The predicted molar refractivity (Wildman–Crippen MR) is 22.4 cm³/mol. The number of hydrogen-bond donors (Lipinski definition) is 0. The molecular weight excluding hydrogens is 119 g/mol. The Hall–Kier alpha value is 0.140. The fraction of sp³-hybridized carbons (Fsp3) is 0.500. The molecule has 0 unspecified atom stereocenters. The van der Waals surface area contributed by atoms with Crippen LogP contribution in [-0.4, -0.2) is 11.9 Å². The predicted octanol–water partition coefficient (Wildman–Crippen LogP) is -2.90. The van der Waals surface area contributed by atoms with E-state index < -0.39 is 11.9 Å². The molecule has 0 amide bonds. The molecule has 0 fully saturated rings. The molecule has 8 heavy (non-hydrogen) atoms. The van der Waals surface area contributed by atoms with Crippen molar-refractivity contribution in [1.82, 2.24) is 0 Å². The summed E-state index contributed by atoms with van der Waals surface area (Å²) in [4.78, 5) is 19.6. The van der Waals surface area contributed by atoms with Crippen LogP contribution in [-0.2, 0) is 14.3 Å². The molecular formula is C4H6NaO3+. The van der Waals surface area contributed by atoms with Gasteiger partial charge in [0.2, 0.25) is 0 Å².